The first kappa shape index (κ1) is 11.0. The minimum Gasteiger partial charge on any atom is -0.403 e. The van der Waals surface area contributed by atoms with Gasteiger partial charge in [-0.15, -0.1) is 13.2 Å². The van der Waals surface area contributed by atoms with Crippen LogP contribution in [0.1, 0.15) is 10.4 Å². The molecule has 0 aliphatic rings. The van der Waals surface area contributed by atoms with Crippen molar-refractivity contribution in [3.63, 3.8) is 0 Å². The Morgan fingerprint density at radius 2 is 2.14 bits per heavy atom. The SMILES string of the molecule is O=Cc1cc(Br)ncc1OC(F)(F)F. The van der Waals surface area contributed by atoms with Crippen molar-refractivity contribution in [2.24, 2.45) is 0 Å². The number of carbonyl (C=O) groups is 1. The van der Waals surface area contributed by atoms with Crippen molar-refractivity contribution in [3.8, 4) is 5.75 Å². The maximum absolute atomic E-state index is 11.8. The Morgan fingerprint density at radius 1 is 1.50 bits per heavy atom. The highest BCUT2D eigenvalue weighted by Crippen LogP contribution is 2.26. The molecule has 0 saturated heterocycles. The van der Waals surface area contributed by atoms with Gasteiger partial charge in [0, 0.05) is 0 Å². The summed E-state index contributed by atoms with van der Waals surface area (Å²) in [7, 11) is 0. The largest absolute Gasteiger partial charge is 0.573 e. The summed E-state index contributed by atoms with van der Waals surface area (Å²) in [5.41, 5.74) is -0.218. The monoisotopic (exact) mass is 269 g/mol. The van der Waals surface area contributed by atoms with Crippen molar-refractivity contribution < 1.29 is 22.7 Å². The summed E-state index contributed by atoms with van der Waals surface area (Å²) in [5, 5.41) is 0. The van der Waals surface area contributed by atoms with Gasteiger partial charge >= 0.3 is 6.36 Å². The average molecular weight is 270 g/mol. The van der Waals surface area contributed by atoms with E-state index in [1.54, 1.807) is 0 Å². The molecule has 0 fully saturated rings. The van der Waals surface area contributed by atoms with E-state index in [0.717, 1.165) is 12.3 Å². The van der Waals surface area contributed by atoms with Crippen LogP contribution in [0.15, 0.2) is 16.9 Å². The zero-order chi connectivity index (χ0) is 10.8. The number of hydrogen-bond acceptors (Lipinski definition) is 3. The molecule has 14 heavy (non-hydrogen) atoms. The van der Waals surface area contributed by atoms with Gasteiger partial charge in [-0.2, -0.15) is 0 Å². The Hall–Kier alpha value is -1.11. The number of carbonyl (C=O) groups excluding carboxylic acids is 1. The van der Waals surface area contributed by atoms with Gasteiger partial charge in [0.2, 0.25) is 0 Å². The van der Waals surface area contributed by atoms with Gasteiger partial charge in [-0.3, -0.25) is 4.79 Å². The van der Waals surface area contributed by atoms with Gasteiger partial charge in [-0.1, -0.05) is 0 Å². The van der Waals surface area contributed by atoms with Gasteiger partial charge in [0.1, 0.15) is 4.60 Å². The number of alkyl halides is 3. The maximum Gasteiger partial charge on any atom is 0.573 e. The first-order valence-corrected chi connectivity index (χ1v) is 4.08. The summed E-state index contributed by atoms with van der Waals surface area (Å²) in [6, 6.07) is 1.13. The van der Waals surface area contributed by atoms with Gasteiger partial charge in [0.15, 0.2) is 12.0 Å². The van der Waals surface area contributed by atoms with E-state index in [-0.39, 0.29) is 16.5 Å². The van der Waals surface area contributed by atoms with E-state index in [1.165, 1.54) is 0 Å². The molecule has 7 heteroatoms. The lowest BCUT2D eigenvalue weighted by Gasteiger charge is -2.09. The number of hydrogen-bond donors (Lipinski definition) is 0. The minimum atomic E-state index is -4.83. The van der Waals surface area contributed by atoms with E-state index in [2.05, 4.69) is 25.7 Å². The molecule has 0 unspecified atom stereocenters. The van der Waals surface area contributed by atoms with E-state index in [1.807, 2.05) is 0 Å². The van der Waals surface area contributed by atoms with Crippen LogP contribution in [0.3, 0.4) is 0 Å². The van der Waals surface area contributed by atoms with Gasteiger partial charge in [0.05, 0.1) is 11.8 Å². The number of pyridine rings is 1. The molecule has 1 aromatic heterocycles. The summed E-state index contributed by atoms with van der Waals surface area (Å²) in [6.45, 7) is 0. The molecule has 0 amide bonds. The zero-order valence-corrected chi connectivity index (χ0v) is 8.09. The van der Waals surface area contributed by atoms with Gasteiger partial charge in [-0.25, -0.2) is 4.98 Å². The topological polar surface area (TPSA) is 39.2 Å². The van der Waals surface area contributed by atoms with Crippen LogP contribution in [0.4, 0.5) is 13.2 Å². The number of aldehydes is 1. The molecule has 1 aromatic rings. The Labute approximate surface area is 85.0 Å². The van der Waals surface area contributed by atoms with Crippen LogP contribution in [0.2, 0.25) is 0 Å². The van der Waals surface area contributed by atoms with E-state index in [0.29, 0.717) is 0 Å². The fourth-order valence-corrected chi connectivity index (χ4v) is 1.08. The molecule has 0 radical (unpaired) electrons. The lowest BCUT2D eigenvalue weighted by atomic mass is 10.3. The number of halogens is 4. The highest BCUT2D eigenvalue weighted by Gasteiger charge is 2.32. The molecule has 1 heterocycles. The minimum absolute atomic E-state index is 0.218. The molecule has 0 N–H and O–H groups in total. The van der Waals surface area contributed by atoms with Gasteiger partial charge < -0.3 is 4.74 Å². The standard InChI is InChI=1S/C7H3BrF3NO2/c8-6-1-4(3-13)5(2-12-6)14-7(9,10)11/h1-3H. The Kier molecular flexibility index (Phi) is 3.10. The number of aromatic nitrogens is 1. The van der Waals surface area contributed by atoms with Crippen molar-refractivity contribution in [2.75, 3.05) is 0 Å². The molecule has 0 aliphatic carbocycles. The molecule has 1 rings (SSSR count). The number of nitrogens with zero attached hydrogens (tertiary/aromatic N) is 1. The predicted molar refractivity (Wildman–Crippen MR) is 44.0 cm³/mol. The Balaban J connectivity index is 3.03. The zero-order valence-electron chi connectivity index (χ0n) is 6.51. The third kappa shape index (κ3) is 2.99. The molecular weight excluding hydrogens is 267 g/mol. The highest BCUT2D eigenvalue weighted by molar-refractivity contribution is 9.10. The molecule has 0 saturated carbocycles. The van der Waals surface area contributed by atoms with Crippen LogP contribution in [0.5, 0.6) is 5.75 Å². The molecule has 0 aliphatic heterocycles. The van der Waals surface area contributed by atoms with Crippen LogP contribution >= 0.6 is 15.9 Å². The van der Waals surface area contributed by atoms with Crippen molar-refractivity contribution in [3.05, 3.63) is 22.4 Å². The number of rotatable bonds is 2. The second-order valence-corrected chi connectivity index (χ2v) is 3.02. The van der Waals surface area contributed by atoms with Crippen LogP contribution in [0, 0.1) is 0 Å². The fraction of sp³-hybridized carbons (Fsp3) is 0.143. The van der Waals surface area contributed by atoms with E-state index in [9.17, 15) is 18.0 Å². The molecule has 0 bridgehead atoms. The van der Waals surface area contributed by atoms with E-state index >= 15 is 0 Å². The Bertz CT molecular complexity index is 353. The lowest BCUT2D eigenvalue weighted by Crippen LogP contribution is -2.18. The first-order valence-electron chi connectivity index (χ1n) is 3.29. The second kappa shape index (κ2) is 3.95. The molecule has 0 aromatic carbocycles. The van der Waals surface area contributed by atoms with Crippen LogP contribution < -0.4 is 4.74 Å². The average Bonchev–Trinajstić information content (AvgIpc) is 2.06. The Morgan fingerprint density at radius 3 is 2.64 bits per heavy atom. The quantitative estimate of drug-likeness (QED) is 0.612. The van der Waals surface area contributed by atoms with Crippen molar-refractivity contribution in [2.45, 2.75) is 6.36 Å². The third-order valence-corrected chi connectivity index (χ3v) is 1.65. The van der Waals surface area contributed by atoms with Crippen molar-refractivity contribution in [1.82, 2.24) is 4.98 Å². The van der Waals surface area contributed by atoms with Gasteiger partial charge in [-0.05, 0) is 22.0 Å². The summed E-state index contributed by atoms with van der Waals surface area (Å²) in [4.78, 5) is 13.9. The first-order chi connectivity index (χ1) is 6.42. The number of ether oxygens (including phenoxy) is 1. The molecule has 0 atom stereocenters. The smallest absolute Gasteiger partial charge is 0.403 e. The maximum atomic E-state index is 11.8. The summed E-state index contributed by atoms with van der Waals surface area (Å²) >= 11 is 2.91. The lowest BCUT2D eigenvalue weighted by molar-refractivity contribution is -0.274. The summed E-state index contributed by atoms with van der Waals surface area (Å²) < 4.78 is 39.2. The van der Waals surface area contributed by atoms with Gasteiger partial charge in [0.25, 0.3) is 0 Å². The summed E-state index contributed by atoms with van der Waals surface area (Å²) in [6.07, 6.45) is -3.75. The van der Waals surface area contributed by atoms with Crippen LogP contribution in [-0.2, 0) is 0 Å². The second-order valence-electron chi connectivity index (χ2n) is 2.21. The van der Waals surface area contributed by atoms with Crippen LogP contribution in [0.25, 0.3) is 0 Å². The molecule has 76 valence electrons. The normalized spacial score (nSPS) is 11.1. The fourth-order valence-electron chi connectivity index (χ4n) is 0.734. The molecular formula is C7H3BrF3NO2. The predicted octanol–water partition coefficient (Wildman–Crippen LogP) is 2.56. The third-order valence-electron chi connectivity index (χ3n) is 1.22. The van der Waals surface area contributed by atoms with E-state index < -0.39 is 12.1 Å². The van der Waals surface area contributed by atoms with Crippen molar-refractivity contribution in [1.29, 1.82) is 0 Å². The molecule has 3 nitrogen and oxygen atoms in total. The highest BCUT2D eigenvalue weighted by atomic mass is 79.9. The molecule has 0 spiro atoms. The van der Waals surface area contributed by atoms with Crippen LogP contribution in [-0.4, -0.2) is 17.6 Å². The van der Waals surface area contributed by atoms with Crippen molar-refractivity contribution >= 4 is 22.2 Å². The summed E-state index contributed by atoms with van der Waals surface area (Å²) in [5.74, 6) is -0.615. The van der Waals surface area contributed by atoms with E-state index in [4.69, 9.17) is 0 Å².